The van der Waals surface area contributed by atoms with Crippen LogP contribution in [0, 0.1) is 0 Å². The van der Waals surface area contributed by atoms with Crippen LogP contribution >= 0.6 is 27.5 Å². The van der Waals surface area contributed by atoms with Crippen molar-refractivity contribution in [3.63, 3.8) is 0 Å². The van der Waals surface area contributed by atoms with Gasteiger partial charge in [0.1, 0.15) is 17.2 Å². The Morgan fingerprint density at radius 2 is 2.08 bits per heavy atom. The zero-order valence-electron chi connectivity index (χ0n) is 12.4. The number of nitrogens with zero attached hydrogens (tertiary/aromatic N) is 1. The number of urea groups is 1. The number of imide groups is 1. The van der Waals surface area contributed by atoms with Crippen LogP contribution in [0.4, 0.5) is 4.79 Å². The van der Waals surface area contributed by atoms with Crippen LogP contribution in [-0.4, -0.2) is 23.4 Å². The quantitative estimate of drug-likeness (QED) is 0.463. The molecule has 24 heavy (non-hydrogen) atoms. The molecule has 0 spiro atoms. The second-order valence-electron chi connectivity index (χ2n) is 5.02. The highest BCUT2D eigenvalue weighted by atomic mass is 79.9. The lowest BCUT2D eigenvalue weighted by Gasteiger charge is -2.06. The highest BCUT2D eigenvalue weighted by Gasteiger charge is 2.32. The van der Waals surface area contributed by atoms with Gasteiger partial charge < -0.3 is 9.73 Å². The number of nitrogens with one attached hydrogen (secondary N) is 1. The maximum absolute atomic E-state index is 12.1. The van der Waals surface area contributed by atoms with Crippen LogP contribution in [0.5, 0.6) is 0 Å². The van der Waals surface area contributed by atoms with Crippen molar-refractivity contribution in [1.82, 2.24) is 10.2 Å². The summed E-state index contributed by atoms with van der Waals surface area (Å²) in [4.78, 5) is 24.9. The van der Waals surface area contributed by atoms with Crippen LogP contribution in [-0.2, 0) is 4.79 Å². The fourth-order valence-electron chi connectivity index (χ4n) is 2.24. The van der Waals surface area contributed by atoms with Gasteiger partial charge in [-0.15, -0.1) is 6.58 Å². The van der Waals surface area contributed by atoms with Gasteiger partial charge in [0.15, 0.2) is 0 Å². The summed E-state index contributed by atoms with van der Waals surface area (Å²) < 4.78 is 6.51. The van der Waals surface area contributed by atoms with E-state index < -0.39 is 11.9 Å². The summed E-state index contributed by atoms with van der Waals surface area (Å²) in [5.41, 5.74) is 0.972. The van der Waals surface area contributed by atoms with Crippen molar-refractivity contribution in [3.05, 3.63) is 63.9 Å². The van der Waals surface area contributed by atoms with Gasteiger partial charge in [-0.2, -0.15) is 0 Å². The summed E-state index contributed by atoms with van der Waals surface area (Å²) in [6.45, 7) is 3.68. The van der Waals surface area contributed by atoms with Crippen molar-refractivity contribution in [3.8, 4) is 11.3 Å². The van der Waals surface area contributed by atoms with Gasteiger partial charge in [0.05, 0.1) is 5.02 Å². The third-order valence-electron chi connectivity index (χ3n) is 3.39. The highest BCUT2D eigenvalue weighted by molar-refractivity contribution is 9.10. The Morgan fingerprint density at radius 3 is 2.79 bits per heavy atom. The van der Waals surface area contributed by atoms with E-state index in [9.17, 15) is 9.59 Å². The van der Waals surface area contributed by atoms with E-state index in [2.05, 4.69) is 27.8 Å². The molecule has 0 radical (unpaired) electrons. The number of furan rings is 1. The van der Waals surface area contributed by atoms with Crippen LogP contribution in [0.15, 0.2) is 57.6 Å². The third-order valence-corrected chi connectivity index (χ3v) is 4.62. The average molecular weight is 408 g/mol. The van der Waals surface area contributed by atoms with Gasteiger partial charge in [-0.1, -0.05) is 23.7 Å². The van der Waals surface area contributed by atoms with E-state index in [1.54, 1.807) is 18.2 Å². The molecule has 1 aliphatic rings. The van der Waals surface area contributed by atoms with E-state index in [1.807, 2.05) is 12.1 Å². The summed E-state index contributed by atoms with van der Waals surface area (Å²) in [5, 5.41) is 3.09. The maximum atomic E-state index is 12.1. The first kappa shape index (κ1) is 16.5. The van der Waals surface area contributed by atoms with E-state index in [-0.39, 0.29) is 12.2 Å². The summed E-state index contributed by atoms with van der Waals surface area (Å²) in [6.07, 6.45) is 2.98. The average Bonchev–Trinajstić information content (AvgIpc) is 3.11. The molecule has 0 aliphatic carbocycles. The zero-order chi connectivity index (χ0) is 17.3. The SMILES string of the molecule is C=CCN1C(=O)N/C(=C\c2ccc(-c3ccc(Br)c(Cl)c3)o2)C1=O. The molecule has 2 heterocycles. The van der Waals surface area contributed by atoms with Gasteiger partial charge in [0.2, 0.25) is 0 Å². The van der Waals surface area contributed by atoms with Gasteiger partial charge >= 0.3 is 6.03 Å². The molecule has 1 N–H and O–H groups in total. The first-order valence-electron chi connectivity index (χ1n) is 7.00. The fourth-order valence-corrected chi connectivity index (χ4v) is 2.67. The van der Waals surface area contributed by atoms with Crippen LogP contribution < -0.4 is 5.32 Å². The predicted octanol–water partition coefficient (Wildman–Crippen LogP) is 4.44. The molecule has 1 aromatic carbocycles. The minimum absolute atomic E-state index is 0.156. The lowest BCUT2D eigenvalue weighted by atomic mass is 10.2. The fraction of sp³-hybridized carbons (Fsp3) is 0.0588. The Labute approximate surface area is 151 Å². The number of benzene rings is 1. The predicted molar refractivity (Wildman–Crippen MR) is 95.3 cm³/mol. The second-order valence-corrected chi connectivity index (χ2v) is 6.29. The number of carbonyl (C=O) groups is 2. The minimum Gasteiger partial charge on any atom is -0.457 e. The summed E-state index contributed by atoms with van der Waals surface area (Å²) in [7, 11) is 0. The van der Waals surface area contributed by atoms with E-state index in [0.29, 0.717) is 16.5 Å². The number of amides is 3. The molecule has 7 heteroatoms. The van der Waals surface area contributed by atoms with Crippen molar-refractivity contribution in [1.29, 1.82) is 0 Å². The molecule has 122 valence electrons. The Kier molecular flexibility index (Phi) is 4.59. The molecule has 0 atom stereocenters. The summed E-state index contributed by atoms with van der Waals surface area (Å²) in [6, 6.07) is 8.47. The molecule has 1 saturated heterocycles. The molecule has 0 unspecified atom stereocenters. The molecule has 1 fully saturated rings. The van der Waals surface area contributed by atoms with Crippen LogP contribution in [0.1, 0.15) is 5.76 Å². The van der Waals surface area contributed by atoms with Gasteiger partial charge in [-0.05, 0) is 40.2 Å². The summed E-state index contributed by atoms with van der Waals surface area (Å²) >= 11 is 9.42. The number of carbonyl (C=O) groups excluding carboxylic acids is 2. The van der Waals surface area contributed by atoms with Crippen molar-refractivity contribution in [2.45, 2.75) is 0 Å². The molecule has 3 amide bonds. The maximum Gasteiger partial charge on any atom is 0.329 e. The molecule has 3 rings (SSSR count). The monoisotopic (exact) mass is 406 g/mol. The van der Waals surface area contributed by atoms with Crippen molar-refractivity contribution >= 4 is 45.5 Å². The molecule has 1 aliphatic heterocycles. The largest absolute Gasteiger partial charge is 0.457 e. The van der Waals surface area contributed by atoms with Crippen LogP contribution in [0.3, 0.4) is 0 Å². The van der Waals surface area contributed by atoms with E-state index in [4.69, 9.17) is 16.0 Å². The molecule has 2 aromatic rings. The van der Waals surface area contributed by atoms with E-state index >= 15 is 0 Å². The third kappa shape index (κ3) is 3.16. The molecule has 0 bridgehead atoms. The Balaban J connectivity index is 1.86. The molecule has 1 aromatic heterocycles. The Morgan fingerprint density at radius 1 is 1.29 bits per heavy atom. The molecular formula is C17H12BrClN2O3. The van der Waals surface area contributed by atoms with Crippen molar-refractivity contribution in [2.24, 2.45) is 0 Å². The first-order chi connectivity index (χ1) is 11.5. The van der Waals surface area contributed by atoms with E-state index in [1.165, 1.54) is 12.2 Å². The Bertz CT molecular complexity index is 872. The van der Waals surface area contributed by atoms with Crippen LogP contribution in [0.25, 0.3) is 17.4 Å². The molecule has 5 nitrogen and oxygen atoms in total. The number of halogens is 2. The first-order valence-corrected chi connectivity index (χ1v) is 8.17. The number of hydrogen-bond donors (Lipinski definition) is 1. The number of hydrogen-bond acceptors (Lipinski definition) is 3. The van der Waals surface area contributed by atoms with Gasteiger partial charge in [-0.3, -0.25) is 9.69 Å². The normalized spacial score (nSPS) is 15.9. The van der Waals surface area contributed by atoms with Gasteiger partial charge in [-0.25, -0.2) is 4.79 Å². The van der Waals surface area contributed by atoms with Crippen LogP contribution in [0.2, 0.25) is 5.02 Å². The standard InChI is InChI=1S/C17H12BrClN2O3/c1-2-7-21-16(22)14(20-17(21)23)9-11-4-6-15(24-11)10-3-5-12(18)13(19)8-10/h2-6,8-9H,1,7H2,(H,20,23)/b14-9-. The summed E-state index contributed by atoms with van der Waals surface area (Å²) in [5.74, 6) is 0.647. The zero-order valence-corrected chi connectivity index (χ0v) is 14.7. The van der Waals surface area contributed by atoms with Crippen molar-refractivity contribution in [2.75, 3.05) is 6.54 Å². The van der Waals surface area contributed by atoms with Gasteiger partial charge in [0, 0.05) is 22.7 Å². The van der Waals surface area contributed by atoms with E-state index in [0.717, 1.165) is 14.9 Å². The van der Waals surface area contributed by atoms with Crippen molar-refractivity contribution < 1.29 is 14.0 Å². The molecular weight excluding hydrogens is 396 g/mol. The lowest BCUT2D eigenvalue weighted by molar-refractivity contribution is -0.122. The highest BCUT2D eigenvalue weighted by Crippen LogP contribution is 2.30. The number of rotatable bonds is 4. The minimum atomic E-state index is -0.474. The lowest BCUT2D eigenvalue weighted by Crippen LogP contribution is -2.30. The second kappa shape index (κ2) is 6.67. The smallest absolute Gasteiger partial charge is 0.329 e. The topological polar surface area (TPSA) is 62.6 Å². The van der Waals surface area contributed by atoms with Gasteiger partial charge in [0.25, 0.3) is 5.91 Å². The molecule has 0 saturated carbocycles. The Hall–Kier alpha value is -2.31.